The predicted molar refractivity (Wildman–Crippen MR) is 156 cm³/mol. The van der Waals surface area contributed by atoms with E-state index in [1.54, 1.807) is 19.1 Å². The molecule has 0 saturated heterocycles. The molecule has 5 N–H and O–H groups in total. The van der Waals surface area contributed by atoms with Crippen molar-refractivity contribution in [3.8, 4) is 5.75 Å². The maximum atomic E-state index is 14.2. The first-order valence-corrected chi connectivity index (χ1v) is 14.6. The molecule has 0 fully saturated rings. The lowest BCUT2D eigenvalue weighted by Gasteiger charge is -2.34. The second kappa shape index (κ2) is 10.6. The maximum absolute atomic E-state index is 14.2. The molecule has 0 radical (unpaired) electrons. The van der Waals surface area contributed by atoms with Crippen LogP contribution in [0.1, 0.15) is 68.4 Å². The van der Waals surface area contributed by atoms with Crippen LogP contribution in [0, 0.1) is 24.0 Å². The number of aliphatic hydroxyl groups is 1. The minimum absolute atomic E-state index is 0.00923. The number of thiol groups is 1. The average molecular weight is 628 g/mol. The number of fused-ring (bicyclic) bond motifs is 5. The van der Waals surface area contributed by atoms with E-state index in [2.05, 4.69) is 15.6 Å². The molecule has 2 amide bonds. The molecule has 1 aromatic heterocycles. The Kier molecular flexibility index (Phi) is 7.37. The molecule has 5 rings (SSSR count). The summed E-state index contributed by atoms with van der Waals surface area (Å²) in [5.74, 6) is -4.42. The Bertz CT molecular complexity index is 1820. The number of nitrogens with zero attached hydrogens (tertiary/aromatic N) is 2. The fraction of sp³-hybridized carbons (Fsp3) is 0.321. The Hall–Kier alpha value is -4.96. The Balaban J connectivity index is 1.64. The van der Waals surface area contributed by atoms with Crippen LogP contribution in [0.4, 0.5) is 16.3 Å². The van der Waals surface area contributed by atoms with Crippen LogP contribution in [0.15, 0.2) is 36.4 Å². The highest BCUT2D eigenvalue weighted by Gasteiger charge is 2.73. The number of carbonyl (C=O) groups excluding carboxylic acids is 2. The topological polar surface area (TPSA) is 221 Å². The van der Waals surface area contributed by atoms with Gasteiger partial charge in [-0.3, -0.25) is 24.0 Å². The van der Waals surface area contributed by atoms with Gasteiger partial charge in [-0.15, -0.1) is 0 Å². The Labute approximate surface area is 252 Å². The molecule has 2 aliphatic rings. The van der Waals surface area contributed by atoms with Crippen LogP contribution in [0.2, 0.25) is 0 Å². The molecule has 0 bridgehead atoms. The number of benzene rings is 2. The van der Waals surface area contributed by atoms with Crippen molar-refractivity contribution in [2.75, 3.05) is 17.4 Å². The van der Waals surface area contributed by atoms with E-state index in [4.69, 9.17) is 9.84 Å². The summed E-state index contributed by atoms with van der Waals surface area (Å²) < 4.78 is 31.0. The van der Waals surface area contributed by atoms with Gasteiger partial charge in [0.2, 0.25) is 22.2 Å². The van der Waals surface area contributed by atoms with Gasteiger partial charge < -0.3 is 30.6 Å². The summed E-state index contributed by atoms with van der Waals surface area (Å²) in [5.41, 5.74) is -2.18. The lowest BCUT2D eigenvalue weighted by Crippen LogP contribution is -2.60. The molecule has 16 heteroatoms. The largest absolute Gasteiger partial charge is 0.465 e. The molecule has 0 spiro atoms. The molecular weight excluding hydrogens is 598 g/mol. The molecule has 232 valence electrons. The molecule has 3 aromatic rings. The van der Waals surface area contributed by atoms with E-state index >= 15 is 0 Å². The van der Waals surface area contributed by atoms with E-state index in [-0.39, 0.29) is 47.4 Å². The van der Waals surface area contributed by atoms with Crippen molar-refractivity contribution < 1.29 is 42.7 Å². The monoisotopic (exact) mass is 627 g/mol. The van der Waals surface area contributed by atoms with Crippen LogP contribution in [0.3, 0.4) is 0 Å². The summed E-state index contributed by atoms with van der Waals surface area (Å²) >= 11 is 0. The van der Waals surface area contributed by atoms with E-state index in [1.807, 2.05) is 13.8 Å². The van der Waals surface area contributed by atoms with Gasteiger partial charge in [0.05, 0.1) is 11.5 Å². The third kappa shape index (κ3) is 4.36. The molecular formula is C28H29N5O10S. The van der Waals surface area contributed by atoms with E-state index in [0.29, 0.717) is 11.1 Å². The zero-order valence-electron chi connectivity index (χ0n) is 24.0. The maximum Gasteiger partial charge on any atom is 0.404 e. The SMILES string of the molecule is Cc1c(C(=O)NC23C(=O)c4cccc([N+](=O)[O-])c4C2(O)Oc2cc(C(C)C)ccc23)[nH]c(N(CCNC(=O)O)[SH](=O)=O)c1C. The summed E-state index contributed by atoms with van der Waals surface area (Å²) in [7, 11) is -3.27. The van der Waals surface area contributed by atoms with Crippen molar-refractivity contribution in [1.82, 2.24) is 15.6 Å². The highest BCUT2D eigenvalue weighted by molar-refractivity contribution is 7.74. The van der Waals surface area contributed by atoms with Crippen LogP contribution in [0.5, 0.6) is 5.75 Å². The summed E-state index contributed by atoms with van der Waals surface area (Å²) in [4.78, 5) is 53.1. The second-order valence-electron chi connectivity index (χ2n) is 10.8. The highest BCUT2D eigenvalue weighted by Crippen LogP contribution is 2.60. The van der Waals surface area contributed by atoms with Gasteiger partial charge in [0, 0.05) is 23.7 Å². The molecule has 1 aliphatic carbocycles. The fourth-order valence-corrected chi connectivity index (χ4v) is 6.43. The van der Waals surface area contributed by atoms with Crippen LogP contribution in [0.25, 0.3) is 0 Å². The summed E-state index contributed by atoms with van der Waals surface area (Å²) in [6.45, 7) is 6.38. The lowest BCUT2D eigenvalue weighted by molar-refractivity contribution is -0.388. The minimum Gasteiger partial charge on any atom is -0.465 e. The smallest absolute Gasteiger partial charge is 0.404 e. The van der Waals surface area contributed by atoms with E-state index in [0.717, 1.165) is 15.9 Å². The van der Waals surface area contributed by atoms with Gasteiger partial charge in [-0.05, 0) is 42.5 Å². The van der Waals surface area contributed by atoms with Gasteiger partial charge in [0.25, 0.3) is 17.4 Å². The number of nitro groups is 1. The number of carboxylic acid groups (broad SMARTS) is 1. The number of ketones is 1. The molecule has 15 nitrogen and oxygen atoms in total. The van der Waals surface area contributed by atoms with E-state index in [1.165, 1.54) is 25.1 Å². The van der Waals surface area contributed by atoms with Crippen molar-refractivity contribution >= 4 is 40.2 Å². The van der Waals surface area contributed by atoms with Gasteiger partial charge in [-0.25, -0.2) is 13.2 Å². The third-order valence-electron chi connectivity index (χ3n) is 8.12. The van der Waals surface area contributed by atoms with Crippen molar-refractivity contribution in [3.05, 3.63) is 85.6 Å². The zero-order valence-corrected chi connectivity index (χ0v) is 24.9. The highest BCUT2D eigenvalue weighted by atomic mass is 32.2. The average Bonchev–Trinajstić information content (AvgIpc) is 3.46. The van der Waals surface area contributed by atoms with E-state index in [9.17, 15) is 38.0 Å². The van der Waals surface area contributed by atoms with Gasteiger partial charge in [0.1, 0.15) is 22.8 Å². The number of Topliss-reactive ketones (excluding diaryl/α,β-unsaturated/α-hetero) is 1. The van der Waals surface area contributed by atoms with Crippen LogP contribution >= 0.6 is 0 Å². The molecule has 2 atom stereocenters. The standard InChI is InChI=1S/C28H29N5O10S/c1-13(2)16-8-9-18-20(12-16)43-28(38)21-17(6-5-7-19(21)33(39)40)23(34)27(18,28)31-25(35)22-14(3)15(4)24(30-22)32(44(41)42)11-10-29-26(36)37/h5-9,12-13,29-30,38,44H,10-11H2,1-4H3,(H,31,35)(H,36,37). The van der Waals surface area contributed by atoms with Crippen molar-refractivity contribution in [2.45, 2.75) is 44.9 Å². The Morgan fingerprint density at radius 1 is 1.18 bits per heavy atom. The van der Waals surface area contributed by atoms with E-state index < -0.39 is 56.2 Å². The number of nitro benzene ring substituents is 1. The number of amides is 2. The molecule has 0 saturated carbocycles. The summed E-state index contributed by atoms with van der Waals surface area (Å²) in [6, 6.07) is 8.54. The van der Waals surface area contributed by atoms with Crippen LogP contribution < -0.4 is 19.7 Å². The van der Waals surface area contributed by atoms with Crippen molar-refractivity contribution in [1.29, 1.82) is 0 Å². The van der Waals surface area contributed by atoms with Gasteiger partial charge in [-0.2, -0.15) is 0 Å². The van der Waals surface area contributed by atoms with Crippen molar-refractivity contribution in [3.63, 3.8) is 0 Å². The predicted octanol–water partition coefficient (Wildman–Crippen LogP) is 2.32. The third-order valence-corrected chi connectivity index (χ3v) is 8.92. The van der Waals surface area contributed by atoms with Crippen LogP contribution in [-0.4, -0.2) is 59.4 Å². The van der Waals surface area contributed by atoms with Gasteiger partial charge in [-0.1, -0.05) is 38.1 Å². The molecule has 2 unspecified atom stereocenters. The fourth-order valence-electron chi connectivity index (χ4n) is 5.81. The number of H-pyrrole nitrogens is 1. The number of aromatic nitrogens is 1. The van der Waals surface area contributed by atoms with Crippen molar-refractivity contribution in [2.24, 2.45) is 0 Å². The Morgan fingerprint density at radius 2 is 1.89 bits per heavy atom. The molecule has 2 heterocycles. The van der Waals surface area contributed by atoms with Crippen LogP contribution in [-0.2, 0) is 22.2 Å². The number of carbonyl (C=O) groups is 3. The Morgan fingerprint density at radius 3 is 2.50 bits per heavy atom. The first-order valence-electron chi connectivity index (χ1n) is 13.4. The summed E-state index contributed by atoms with van der Waals surface area (Å²) in [5, 5.41) is 37.8. The number of rotatable bonds is 9. The number of hydrogen-bond acceptors (Lipinski definition) is 9. The molecule has 1 aliphatic heterocycles. The molecule has 2 aromatic carbocycles. The number of nitrogens with one attached hydrogen (secondary N) is 3. The van der Waals surface area contributed by atoms with Gasteiger partial charge >= 0.3 is 6.09 Å². The van der Waals surface area contributed by atoms with Gasteiger partial charge in [0.15, 0.2) is 0 Å². The first-order chi connectivity index (χ1) is 20.7. The molecule has 44 heavy (non-hydrogen) atoms. The normalized spacial score (nSPS) is 19.8. The number of anilines is 1. The quantitative estimate of drug-likeness (QED) is 0.115. The lowest BCUT2D eigenvalue weighted by atomic mass is 9.82. The number of aromatic amines is 1. The zero-order chi connectivity index (χ0) is 32.3. The first kappa shape index (κ1) is 30.5. The minimum atomic E-state index is -3.27. The number of hydrogen-bond donors (Lipinski definition) is 6. The second-order valence-corrected chi connectivity index (χ2v) is 11.8. The summed E-state index contributed by atoms with van der Waals surface area (Å²) in [6.07, 6.45) is -1.35. The number of ether oxygens (including phenoxy) is 1.